The Balaban J connectivity index is 2.28. The summed E-state index contributed by atoms with van der Waals surface area (Å²) in [6, 6.07) is 9.66. The van der Waals surface area contributed by atoms with E-state index in [0.717, 1.165) is 34.7 Å². The number of rotatable bonds is 2. The van der Waals surface area contributed by atoms with Gasteiger partial charge in [0.05, 0.1) is 6.26 Å². The van der Waals surface area contributed by atoms with Crippen molar-refractivity contribution < 1.29 is 8.83 Å². The van der Waals surface area contributed by atoms with E-state index >= 15 is 0 Å². The molecule has 0 bridgehead atoms. The van der Waals surface area contributed by atoms with Gasteiger partial charge in [-0.2, -0.15) is 0 Å². The molecule has 0 saturated carbocycles. The second-order valence-electron chi connectivity index (χ2n) is 3.59. The summed E-state index contributed by atoms with van der Waals surface area (Å²) in [6.07, 6.45) is 2.46. The molecular weight excluding hydrogens is 202 g/mol. The van der Waals surface area contributed by atoms with E-state index in [1.807, 2.05) is 37.3 Å². The fourth-order valence-electron chi connectivity index (χ4n) is 1.78. The zero-order valence-corrected chi connectivity index (χ0v) is 8.93. The molecule has 3 nitrogen and oxygen atoms in total. The number of furan rings is 1. The number of nitrogens with zero attached hydrogens (tertiary/aromatic N) is 1. The van der Waals surface area contributed by atoms with Gasteiger partial charge in [0.1, 0.15) is 11.3 Å². The van der Waals surface area contributed by atoms with E-state index in [2.05, 4.69) is 4.98 Å². The summed E-state index contributed by atoms with van der Waals surface area (Å²) in [5.74, 6) is 1.58. The van der Waals surface area contributed by atoms with Crippen molar-refractivity contribution in [2.45, 2.75) is 13.3 Å². The van der Waals surface area contributed by atoms with E-state index in [-0.39, 0.29) is 0 Å². The third-order valence-electron chi connectivity index (χ3n) is 2.55. The average molecular weight is 213 g/mol. The minimum absolute atomic E-state index is 0.758. The van der Waals surface area contributed by atoms with E-state index in [1.54, 1.807) is 6.26 Å². The van der Waals surface area contributed by atoms with Gasteiger partial charge in [0.25, 0.3) is 0 Å². The zero-order valence-electron chi connectivity index (χ0n) is 8.93. The minimum Gasteiger partial charge on any atom is -0.464 e. The number of hydrogen-bond donors (Lipinski definition) is 0. The van der Waals surface area contributed by atoms with Gasteiger partial charge in [-0.15, -0.1) is 0 Å². The number of hydrogen-bond acceptors (Lipinski definition) is 3. The molecule has 16 heavy (non-hydrogen) atoms. The van der Waals surface area contributed by atoms with Gasteiger partial charge in [-0.3, -0.25) is 0 Å². The predicted molar refractivity (Wildman–Crippen MR) is 61.1 cm³/mol. The highest BCUT2D eigenvalue weighted by atomic mass is 16.3. The summed E-state index contributed by atoms with van der Waals surface area (Å²) in [5.41, 5.74) is 2.66. The Morgan fingerprint density at radius 3 is 2.88 bits per heavy atom. The summed E-state index contributed by atoms with van der Waals surface area (Å²) < 4.78 is 11.0. The van der Waals surface area contributed by atoms with Gasteiger partial charge in [-0.1, -0.05) is 13.0 Å². The topological polar surface area (TPSA) is 39.2 Å². The van der Waals surface area contributed by atoms with Gasteiger partial charge in [0.2, 0.25) is 0 Å². The van der Waals surface area contributed by atoms with E-state index in [0.29, 0.717) is 0 Å². The first kappa shape index (κ1) is 9.21. The molecule has 2 aromatic heterocycles. The lowest BCUT2D eigenvalue weighted by Gasteiger charge is -1.95. The van der Waals surface area contributed by atoms with Crippen LogP contribution in [0.3, 0.4) is 0 Å². The van der Waals surface area contributed by atoms with Crippen LogP contribution in [-0.4, -0.2) is 4.98 Å². The third kappa shape index (κ3) is 1.33. The molecule has 0 aliphatic rings. The molecule has 0 amide bonds. The van der Waals surface area contributed by atoms with Crippen molar-refractivity contribution in [3.63, 3.8) is 0 Å². The van der Waals surface area contributed by atoms with Crippen LogP contribution in [-0.2, 0) is 6.42 Å². The largest absolute Gasteiger partial charge is 0.464 e. The summed E-state index contributed by atoms with van der Waals surface area (Å²) >= 11 is 0. The van der Waals surface area contributed by atoms with Crippen molar-refractivity contribution in [1.82, 2.24) is 4.98 Å². The highest BCUT2D eigenvalue weighted by molar-refractivity contribution is 5.89. The fourth-order valence-corrected chi connectivity index (χ4v) is 1.78. The fraction of sp³-hybridized carbons (Fsp3) is 0.154. The molecule has 3 rings (SSSR count). The Hall–Kier alpha value is -2.03. The van der Waals surface area contributed by atoms with E-state index in [4.69, 9.17) is 8.83 Å². The third-order valence-corrected chi connectivity index (χ3v) is 2.55. The molecule has 80 valence electrons. The molecule has 0 atom stereocenters. The Labute approximate surface area is 92.7 Å². The van der Waals surface area contributed by atoms with Crippen LogP contribution >= 0.6 is 0 Å². The van der Waals surface area contributed by atoms with Crippen molar-refractivity contribution in [3.8, 4) is 11.3 Å². The van der Waals surface area contributed by atoms with Crippen LogP contribution in [0, 0.1) is 0 Å². The van der Waals surface area contributed by atoms with Crippen LogP contribution in [0.2, 0.25) is 0 Å². The first-order chi connectivity index (χ1) is 7.88. The van der Waals surface area contributed by atoms with Gasteiger partial charge in [0, 0.05) is 12.0 Å². The molecule has 3 aromatic rings. The maximum Gasteiger partial charge on any atom is 0.195 e. The van der Waals surface area contributed by atoms with Crippen molar-refractivity contribution in [3.05, 3.63) is 42.5 Å². The Kier molecular flexibility index (Phi) is 2.03. The summed E-state index contributed by atoms with van der Waals surface area (Å²) in [7, 11) is 0. The Morgan fingerprint density at radius 1 is 1.19 bits per heavy atom. The van der Waals surface area contributed by atoms with Crippen molar-refractivity contribution in [2.75, 3.05) is 0 Å². The number of para-hydroxylation sites is 1. The molecule has 0 unspecified atom stereocenters. The first-order valence-electron chi connectivity index (χ1n) is 5.31. The van der Waals surface area contributed by atoms with Crippen molar-refractivity contribution >= 4 is 11.1 Å². The smallest absolute Gasteiger partial charge is 0.195 e. The summed E-state index contributed by atoms with van der Waals surface area (Å²) in [6.45, 7) is 2.03. The quantitative estimate of drug-likeness (QED) is 0.652. The average Bonchev–Trinajstić information content (AvgIpc) is 2.97. The second kappa shape index (κ2) is 3.52. The first-order valence-corrected chi connectivity index (χ1v) is 5.31. The lowest BCUT2D eigenvalue weighted by atomic mass is 10.1. The molecule has 0 saturated heterocycles. The molecule has 2 heterocycles. The van der Waals surface area contributed by atoms with Crippen LogP contribution < -0.4 is 0 Å². The van der Waals surface area contributed by atoms with E-state index in [9.17, 15) is 0 Å². The number of aryl methyl sites for hydroxylation is 1. The number of fused-ring (bicyclic) bond motifs is 1. The number of aromatic nitrogens is 1. The van der Waals surface area contributed by atoms with Gasteiger partial charge < -0.3 is 8.83 Å². The standard InChI is InChI=1S/C13H11NO2/c1-2-12-14-13-9(10-7-4-8-15-10)5-3-6-11(13)16-12/h3-8H,2H2,1H3. The molecule has 1 aromatic carbocycles. The highest BCUT2D eigenvalue weighted by Crippen LogP contribution is 2.28. The molecular formula is C13H11NO2. The molecule has 0 N–H and O–H groups in total. The van der Waals surface area contributed by atoms with Gasteiger partial charge in [-0.05, 0) is 24.3 Å². The summed E-state index contributed by atoms with van der Waals surface area (Å²) in [5, 5.41) is 0. The maximum absolute atomic E-state index is 5.60. The number of benzene rings is 1. The molecule has 0 aliphatic heterocycles. The normalized spacial score (nSPS) is 11.1. The van der Waals surface area contributed by atoms with Crippen LogP contribution in [0.5, 0.6) is 0 Å². The predicted octanol–water partition coefficient (Wildman–Crippen LogP) is 3.65. The summed E-state index contributed by atoms with van der Waals surface area (Å²) in [4.78, 5) is 4.46. The van der Waals surface area contributed by atoms with Gasteiger partial charge >= 0.3 is 0 Å². The highest BCUT2D eigenvalue weighted by Gasteiger charge is 2.11. The molecule has 0 fully saturated rings. The molecule has 0 aliphatic carbocycles. The van der Waals surface area contributed by atoms with Crippen molar-refractivity contribution in [1.29, 1.82) is 0 Å². The Morgan fingerprint density at radius 2 is 2.12 bits per heavy atom. The molecule has 0 spiro atoms. The lowest BCUT2D eigenvalue weighted by molar-refractivity contribution is 0.538. The van der Waals surface area contributed by atoms with E-state index < -0.39 is 0 Å². The molecule has 0 radical (unpaired) electrons. The number of oxazole rings is 1. The van der Waals surface area contributed by atoms with Crippen LogP contribution in [0.4, 0.5) is 0 Å². The maximum atomic E-state index is 5.60. The SMILES string of the molecule is CCc1nc2c(-c3ccco3)cccc2o1. The van der Waals surface area contributed by atoms with Crippen molar-refractivity contribution in [2.24, 2.45) is 0 Å². The van der Waals surface area contributed by atoms with E-state index in [1.165, 1.54) is 0 Å². The van der Waals surface area contributed by atoms with Crippen LogP contribution in [0.1, 0.15) is 12.8 Å². The second-order valence-corrected chi connectivity index (χ2v) is 3.59. The lowest BCUT2D eigenvalue weighted by Crippen LogP contribution is -1.79. The Bertz CT molecular complexity index is 608. The van der Waals surface area contributed by atoms with Gasteiger partial charge in [0.15, 0.2) is 11.5 Å². The van der Waals surface area contributed by atoms with Crippen LogP contribution in [0.25, 0.3) is 22.4 Å². The van der Waals surface area contributed by atoms with Gasteiger partial charge in [-0.25, -0.2) is 4.98 Å². The minimum atomic E-state index is 0.758. The van der Waals surface area contributed by atoms with Crippen LogP contribution in [0.15, 0.2) is 45.4 Å². The molecule has 3 heteroatoms. The monoisotopic (exact) mass is 213 g/mol. The zero-order chi connectivity index (χ0) is 11.0.